The van der Waals surface area contributed by atoms with Gasteiger partial charge in [0.2, 0.25) is 0 Å². The van der Waals surface area contributed by atoms with Crippen molar-refractivity contribution in [2.24, 2.45) is 11.3 Å². The minimum atomic E-state index is -0.183. The third kappa shape index (κ3) is 4.28. The maximum Gasteiger partial charge on any atom is 0.122 e. The van der Waals surface area contributed by atoms with E-state index in [0.29, 0.717) is 12.5 Å². The van der Waals surface area contributed by atoms with Gasteiger partial charge in [0.05, 0.1) is 12.3 Å². The summed E-state index contributed by atoms with van der Waals surface area (Å²) in [6.07, 6.45) is 3.30. The van der Waals surface area contributed by atoms with Crippen LogP contribution in [0.2, 0.25) is 0 Å². The SMILES string of the molecule is COC(C)c1nc(CNC2(CO)CC(C)CC(C)(C)C2)cs1. The average molecular weight is 327 g/mol. The molecule has 5 heteroatoms. The molecule has 3 atom stereocenters. The van der Waals surface area contributed by atoms with Gasteiger partial charge in [0.25, 0.3) is 0 Å². The van der Waals surface area contributed by atoms with Crippen LogP contribution in [-0.2, 0) is 11.3 Å². The van der Waals surface area contributed by atoms with E-state index in [1.807, 2.05) is 6.92 Å². The van der Waals surface area contributed by atoms with Gasteiger partial charge in [-0.25, -0.2) is 4.98 Å². The number of thiazole rings is 1. The van der Waals surface area contributed by atoms with Gasteiger partial charge in [-0.3, -0.25) is 0 Å². The van der Waals surface area contributed by atoms with Gasteiger partial charge in [0.15, 0.2) is 0 Å². The highest BCUT2D eigenvalue weighted by Crippen LogP contribution is 2.43. The molecule has 0 saturated heterocycles. The molecule has 4 nitrogen and oxygen atoms in total. The van der Waals surface area contributed by atoms with E-state index in [1.165, 1.54) is 6.42 Å². The fourth-order valence-electron chi connectivity index (χ4n) is 4.02. The minimum Gasteiger partial charge on any atom is -0.394 e. The van der Waals surface area contributed by atoms with Crippen molar-refractivity contribution < 1.29 is 9.84 Å². The summed E-state index contributed by atoms with van der Waals surface area (Å²) in [7, 11) is 1.70. The number of ether oxygens (including phenoxy) is 1. The lowest BCUT2D eigenvalue weighted by atomic mass is 9.64. The second kappa shape index (κ2) is 6.95. The summed E-state index contributed by atoms with van der Waals surface area (Å²) in [5.74, 6) is 0.628. The van der Waals surface area contributed by atoms with Gasteiger partial charge in [-0.2, -0.15) is 0 Å². The van der Waals surface area contributed by atoms with Crippen molar-refractivity contribution in [3.8, 4) is 0 Å². The molecule has 1 aromatic heterocycles. The van der Waals surface area contributed by atoms with Crippen molar-refractivity contribution in [3.05, 3.63) is 16.1 Å². The van der Waals surface area contributed by atoms with Gasteiger partial charge in [0, 0.05) is 24.6 Å². The van der Waals surface area contributed by atoms with Gasteiger partial charge in [-0.15, -0.1) is 11.3 Å². The maximum absolute atomic E-state index is 10.0. The van der Waals surface area contributed by atoms with Crippen LogP contribution < -0.4 is 5.32 Å². The van der Waals surface area contributed by atoms with E-state index in [1.54, 1.807) is 18.4 Å². The van der Waals surface area contributed by atoms with E-state index in [2.05, 4.69) is 36.5 Å². The summed E-state index contributed by atoms with van der Waals surface area (Å²) in [4.78, 5) is 4.64. The van der Waals surface area contributed by atoms with Crippen LogP contribution in [0.4, 0.5) is 0 Å². The third-order valence-corrected chi connectivity index (χ3v) is 5.73. The van der Waals surface area contributed by atoms with Crippen LogP contribution in [0.25, 0.3) is 0 Å². The number of aliphatic hydroxyl groups is 1. The molecule has 0 spiro atoms. The number of hydrogen-bond acceptors (Lipinski definition) is 5. The molecule has 1 aromatic rings. The number of rotatable bonds is 6. The molecular weight excluding hydrogens is 296 g/mol. The first-order valence-electron chi connectivity index (χ1n) is 8.12. The lowest BCUT2D eigenvalue weighted by Gasteiger charge is -2.47. The van der Waals surface area contributed by atoms with Crippen molar-refractivity contribution in [2.75, 3.05) is 13.7 Å². The highest BCUT2D eigenvalue weighted by Gasteiger charge is 2.42. The fraction of sp³-hybridized carbons (Fsp3) is 0.824. The highest BCUT2D eigenvalue weighted by atomic mass is 32.1. The molecular formula is C17H30N2O2S. The van der Waals surface area contributed by atoms with Crippen molar-refractivity contribution in [1.29, 1.82) is 0 Å². The Hall–Kier alpha value is -0.490. The summed E-state index contributed by atoms with van der Waals surface area (Å²) < 4.78 is 5.31. The highest BCUT2D eigenvalue weighted by molar-refractivity contribution is 7.09. The Kier molecular flexibility index (Phi) is 5.64. The second-order valence-corrected chi connectivity index (χ2v) is 8.59. The number of aliphatic hydroxyl groups excluding tert-OH is 1. The van der Waals surface area contributed by atoms with E-state index >= 15 is 0 Å². The smallest absolute Gasteiger partial charge is 0.122 e. The molecule has 1 aliphatic carbocycles. The van der Waals surface area contributed by atoms with Crippen LogP contribution in [0, 0.1) is 11.3 Å². The number of methoxy groups -OCH3 is 1. The summed E-state index contributed by atoms with van der Waals surface area (Å²) >= 11 is 1.64. The average Bonchev–Trinajstić information content (AvgIpc) is 2.91. The zero-order valence-electron chi connectivity index (χ0n) is 14.5. The molecule has 1 aliphatic rings. The summed E-state index contributed by atoms with van der Waals surface area (Å²) in [5.41, 5.74) is 1.12. The zero-order valence-corrected chi connectivity index (χ0v) is 15.3. The van der Waals surface area contributed by atoms with Crippen LogP contribution >= 0.6 is 11.3 Å². The first-order valence-corrected chi connectivity index (χ1v) is 9.00. The first kappa shape index (κ1) is 17.9. The molecule has 22 heavy (non-hydrogen) atoms. The number of nitrogens with zero attached hydrogens (tertiary/aromatic N) is 1. The summed E-state index contributed by atoms with van der Waals surface area (Å²) in [6.45, 7) is 9.79. The first-order chi connectivity index (χ1) is 10.3. The number of aromatic nitrogens is 1. The van der Waals surface area contributed by atoms with Gasteiger partial charge in [-0.05, 0) is 37.5 Å². The molecule has 0 radical (unpaired) electrons. The molecule has 126 valence electrons. The normalized spacial score (nSPS) is 29.5. The quantitative estimate of drug-likeness (QED) is 0.840. The standard InChI is InChI=1S/C17H30N2O2S/c1-12-6-16(3,4)10-17(7-12,11-20)18-8-14-9-22-15(19-14)13(2)21-5/h9,12-13,18,20H,6-8,10-11H2,1-5H3. The fourth-order valence-corrected chi connectivity index (χ4v) is 4.87. The summed E-state index contributed by atoms with van der Waals surface area (Å²) in [5, 5.41) is 16.7. The Labute approximate surface area is 138 Å². The van der Waals surface area contributed by atoms with E-state index in [4.69, 9.17) is 4.74 Å². The zero-order chi connectivity index (χ0) is 16.4. The van der Waals surface area contributed by atoms with Gasteiger partial charge >= 0.3 is 0 Å². The molecule has 1 saturated carbocycles. The molecule has 2 rings (SSSR count). The molecule has 1 heterocycles. The van der Waals surface area contributed by atoms with E-state index in [9.17, 15) is 5.11 Å². The van der Waals surface area contributed by atoms with Gasteiger partial charge in [-0.1, -0.05) is 20.8 Å². The van der Waals surface area contributed by atoms with E-state index < -0.39 is 0 Å². The number of nitrogens with one attached hydrogen (secondary N) is 1. The second-order valence-electron chi connectivity index (χ2n) is 7.70. The Morgan fingerprint density at radius 3 is 2.82 bits per heavy atom. The van der Waals surface area contributed by atoms with Crippen LogP contribution in [0.3, 0.4) is 0 Å². The molecule has 0 bridgehead atoms. The Morgan fingerprint density at radius 2 is 2.23 bits per heavy atom. The lowest BCUT2D eigenvalue weighted by molar-refractivity contribution is 0.0350. The van der Waals surface area contributed by atoms with Gasteiger partial charge < -0.3 is 15.2 Å². The van der Waals surface area contributed by atoms with Crippen molar-refractivity contribution in [1.82, 2.24) is 10.3 Å². The monoisotopic (exact) mass is 326 g/mol. The Morgan fingerprint density at radius 1 is 1.50 bits per heavy atom. The Bertz CT molecular complexity index is 489. The topological polar surface area (TPSA) is 54.4 Å². The van der Waals surface area contributed by atoms with Crippen molar-refractivity contribution >= 4 is 11.3 Å². The Balaban J connectivity index is 2.03. The van der Waals surface area contributed by atoms with E-state index in [-0.39, 0.29) is 23.7 Å². The third-order valence-electron chi connectivity index (χ3n) is 4.68. The lowest BCUT2D eigenvalue weighted by Crippen LogP contribution is -2.54. The molecule has 0 aromatic carbocycles. The molecule has 0 aliphatic heterocycles. The van der Waals surface area contributed by atoms with Gasteiger partial charge in [0.1, 0.15) is 11.1 Å². The van der Waals surface area contributed by atoms with Crippen LogP contribution in [0.15, 0.2) is 5.38 Å². The molecule has 2 N–H and O–H groups in total. The largest absolute Gasteiger partial charge is 0.394 e. The van der Waals surface area contributed by atoms with Crippen LogP contribution in [0.1, 0.15) is 63.8 Å². The molecule has 1 fully saturated rings. The number of hydrogen-bond donors (Lipinski definition) is 2. The minimum absolute atomic E-state index is 0.0409. The molecule has 3 unspecified atom stereocenters. The van der Waals surface area contributed by atoms with Crippen molar-refractivity contribution in [2.45, 2.75) is 65.1 Å². The maximum atomic E-state index is 10.0. The van der Waals surface area contributed by atoms with Crippen LogP contribution in [-0.4, -0.2) is 29.3 Å². The molecule has 0 amide bonds. The predicted octanol–water partition coefficient (Wildman–Crippen LogP) is 3.52. The summed E-state index contributed by atoms with van der Waals surface area (Å²) in [6, 6.07) is 0. The van der Waals surface area contributed by atoms with E-state index in [0.717, 1.165) is 23.5 Å². The van der Waals surface area contributed by atoms with Crippen molar-refractivity contribution in [3.63, 3.8) is 0 Å². The predicted molar refractivity (Wildman–Crippen MR) is 91.0 cm³/mol. The van der Waals surface area contributed by atoms with Crippen LogP contribution in [0.5, 0.6) is 0 Å².